The zero-order valence-corrected chi connectivity index (χ0v) is 13.4. The Morgan fingerprint density at radius 2 is 2.10 bits per heavy atom. The van der Waals surface area contributed by atoms with Crippen LogP contribution in [0.2, 0.25) is 0 Å². The number of pyridine rings is 1. The molecule has 0 radical (unpaired) electrons. The maximum atomic E-state index is 11.2. The van der Waals surface area contributed by atoms with Gasteiger partial charge in [0.25, 0.3) is 0 Å². The van der Waals surface area contributed by atoms with E-state index in [0.29, 0.717) is 18.2 Å². The van der Waals surface area contributed by atoms with Crippen LogP contribution >= 0.6 is 15.9 Å². The van der Waals surface area contributed by atoms with Crippen LogP contribution in [-0.2, 0) is 6.61 Å². The van der Waals surface area contributed by atoms with Crippen LogP contribution in [0.1, 0.15) is 41.4 Å². The van der Waals surface area contributed by atoms with E-state index in [9.17, 15) is 4.79 Å². The number of carbonyl (C=O) groups is 1. The highest BCUT2D eigenvalue weighted by atomic mass is 79.9. The molecule has 21 heavy (non-hydrogen) atoms. The Hall–Kier alpha value is -1.88. The van der Waals surface area contributed by atoms with Crippen molar-refractivity contribution in [1.82, 2.24) is 4.98 Å². The Balaban J connectivity index is 2.21. The van der Waals surface area contributed by atoms with Crippen LogP contribution in [0.3, 0.4) is 0 Å². The van der Waals surface area contributed by atoms with Crippen molar-refractivity contribution >= 4 is 21.9 Å². The number of rotatable bonds is 5. The highest BCUT2D eigenvalue weighted by Gasteiger charge is 2.11. The maximum Gasteiger partial charge on any atom is 0.335 e. The van der Waals surface area contributed by atoms with Crippen molar-refractivity contribution in [3.05, 3.63) is 57.7 Å². The minimum absolute atomic E-state index is 0.137. The second-order valence-corrected chi connectivity index (χ2v) is 5.91. The van der Waals surface area contributed by atoms with Gasteiger partial charge in [-0.15, -0.1) is 0 Å². The molecule has 4 nitrogen and oxygen atoms in total. The number of carboxylic acid groups (broad SMARTS) is 1. The molecule has 110 valence electrons. The predicted molar refractivity (Wildman–Crippen MR) is 83.8 cm³/mol. The summed E-state index contributed by atoms with van der Waals surface area (Å²) in [6.45, 7) is 4.27. The average Bonchev–Trinajstić information content (AvgIpc) is 2.45. The first-order valence-corrected chi connectivity index (χ1v) is 7.37. The van der Waals surface area contributed by atoms with Gasteiger partial charge >= 0.3 is 5.97 Å². The summed E-state index contributed by atoms with van der Waals surface area (Å²) in [5.41, 5.74) is 1.88. The third kappa shape index (κ3) is 4.29. The van der Waals surface area contributed by atoms with Crippen molar-refractivity contribution in [2.45, 2.75) is 26.4 Å². The van der Waals surface area contributed by atoms with Gasteiger partial charge in [-0.3, -0.25) is 0 Å². The second-order valence-electron chi connectivity index (χ2n) is 5.00. The molecule has 0 fully saturated rings. The number of benzene rings is 1. The molecule has 0 unspecified atom stereocenters. The molecule has 2 rings (SSSR count). The molecular formula is C16H16BrNO3. The minimum atomic E-state index is -0.980. The molecule has 2 aromatic rings. The number of hydrogen-bond donors (Lipinski definition) is 1. The first-order chi connectivity index (χ1) is 9.95. The van der Waals surface area contributed by atoms with E-state index < -0.39 is 5.97 Å². The van der Waals surface area contributed by atoms with E-state index in [-0.39, 0.29) is 11.5 Å². The molecule has 0 aliphatic rings. The van der Waals surface area contributed by atoms with Crippen molar-refractivity contribution in [3.8, 4) is 5.88 Å². The Kier molecular flexibility index (Phi) is 4.96. The molecule has 0 aliphatic carbocycles. The van der Waals surface area contributed by atoms with Crippen molar-refractivity contribution < 1.29 is 14.6 Å². The van der Waals surface area contributed by atoms with Crippen LogP contribution in [0.5, 0.6) is 5.88 Å². The average molecular weight is 350 g/mol. The van der Waals surface area contributed by atoms with Gasteiger partial charge in [0, 0.05) is 16.2 Å². The number of aromatic nitrogens is 1. The largest absolute Gasteiger partial charge is 0.478 e. The van der Waals surface area contributed by atoms with Crippen molar-refractivity contribution in [2.24, 2.45) is 0 Å². The lowest BCUT2D eigenvalue weighted by atomic mass is 10.1. The fourth-order valence-electron chi connectivity index (χ4n) is 1.80. The molecule has 1 N–H and O–H groups in total. The lowest BCUT2D eigenvalue weighted by Gasteiger charge is -2.11. The Morgan fingerprint density at radius 3 is 2.71 bits per heavy atom. The topological polar surface area (TPSA) is 59.4 Å². The zero-order chi connectivity index (χ0) is 15.4. The van der Waals surface area contributed by atoms with Gasteiger partial charge in [-0.05, 0) is 29.7 Å². The smallest absolute Gasteiger partial charge is 0.335 e. The van der Waals surface area contributed by atoms with E-state index in [0.717, 1.165) is 10.0 Å². The molecule has 0 spiro atoms. The summed E-state index contributed by atoms with van der Waals surface area (Å²) < 4.78 is 6.60. The predicted octanol–water partition coefficient (Wildman–Crippen LogP) is 4.24. The van der Waals surface area contributed by atoms with Crippen LogP contribution in [0.25, 0.3) is 0 Å². The summed E-state index contributed by atoms with van der Waals surface area (Å²) in [7, 11) is 0. The third-order valence-corrected chi connectivity index (χ3v) is 3.43. The Labute approximate surface area is 131 Å². The lowest BCUT2D eigenvalue weighted by molar-refractivity contribution is 0.0696. The molecule has 1 aromatic carbocycles. The molecule has 1 heterocycles. The Bertz CT molecular complexity index is 656. The fraction of sp³-hybridized carbons (Fsp3) is 0.250. The molecule has 5 heteroatoms. The molecule has 0 amide bonds. The highest BCUT2D eigenvalue weighted by molar-refractivity contribution is 9.10. The number of ether oxygens (including phenoxy) is 1. The van der Waals surface area contributed by atoms with E-state index in [2.05, 4.69) is 20.9 Å². The summed E-state index contributed by atoms with van der Waals surface area (Å²) >= 11 is 3.40. The lowest BCUT2D eigenvalue weighted by Crippen LogP contribution is -2.05. The first kappa shape index (κ1) is 15.5. The minimum Gasteiger partial charge on any atom is -0.478 e. The summed E-state index contributed by atoms with van der Waals surface area (Å²) in [5.74, 6) is -0.511. The summed E-state index contributed by atoms with van der Waals surface area (Å²) in [6.07, 6.45) is 0. The van der Waals surface area contributed by atoms with Gasteiger partial charge in [0.15, 0.2) is 0 Å². The molecule has 0 saturated heterocycles. The normalized spacial score (nSPS) is 10.7. The molecule has 0 aliphatic heterocycles. The van der Waals surface area contributed by atoms with Gasteiger partial charge in [0.2, 0.25) is 5.88 Å². The van der Waals surface area contributed by atoms with E-state index in [1.807, 2.05) is 38.1 Å². The molecular weight excluding hydrogens is 334 g/mol. The van der Waals surface area contributed by atoms with Gasteiger partial charge in [-0.25, -0.2) is 9.78 Å². The van der Waals surface area contributed by atoms with Crippen LogP contribution in [0.15, 0.2) is 40.9 Å². The second kappa shape index (κ2) is 6.72. The highest BCUT2D eigenvalue weighted by Crippen LogP contribution is 2.20. The number of hydrogen-bond acceptors (Lipinski definition) is 3. The summed E-state index contributed by atoms with van der Waals surface area (Å²) in [6, 6.07) is 10.8. The van der Waals surface area contributed by atoms with Crippen molar-refractivity contribution in [1.29, 1.82) is 0 Å². The maximum absolute atomic E-state index is 11.2. The fourth-order valence-corrected chi connectivity index (χ4v) is 2.25. The summed E-state index contributed by atoms with van der Waals surface area (Å²) in [5, 5.41) is 9.15. The zero-order valence-electron chi connectivity index (χ0n) is 11.8. The third-order valence-electron chi connectivity index (χ3n) is 2.94. The van der Waals surface area contributed by atoms with E-state index in [1.54, 1.807) is 6.07 Å². The van der Waals surface area contributed by atoms with Crippen LogP contribution in [-0.4, -0.2) is 16.1 Å². The SMILES string of the molecule is CC(C)c1cc(C(=O)O)cc(OCc2cccc(Br)c2)n1. The van der Waals surface area contributed by atoms with E-state index in [1.165, 1.54) is 6.07 Å². The van der Waals surface area contributed by atoms with Gasteiger partial charge < -0.3 is 9.84 Å². The quantitative estimate of drug-likeness (QED) is 0.876. The molecule has 0 atom stereocenters. The van der Waals surface area contributed by atoms with Crippen LogP contribution < -0.4 is 4.74 Å². The Morgan fingerprint density at radius 1 is 1.33 bits per heavy atom. The van der Waals surface area contributed by atoms with Crippen molar-refractivity contribution in [2.75, 3.05) is 0 Å². The van der Waals surface area contributed by atoms with E-state index in [4.69, 9.17) is 9.84 Å². The number of nitrogens with zero attached hydrogens (tertiary/aromatic N) is 1. The number of aromatic carboxylic acids is 1. The van der Waals surface area contributed by atoms with Crippen LogP contribution in [0.4, 0.5) is 0 Å². The van der Waals surface area contributed by atoms with E-state index >= 15 is 0 Å². The monoisotopic (exact) mass is 349 g/mol. The molecule has 1 aromatic heterocycles. The van der Waals surface area contributed by atoms with Crippen molar-refractivity contribution in [3.63, 3.8) is 0 Å². The van der Waals surface area contributed by atoms with Gasteiger partial charge in [0.05, 0.1) is 5.56 Å². The standard InChI is InChI=1S/C16H16BrNO3/c1-10(2)14-7-12(16(19)20)8-15(18-14)21-9-11-4-3-5-13(17)6-11/h3-8,10H,9H2,1-2H3,(H,19,20). The van der Waals surface area contributed by atoms with Gasteiger partial charge in [-0.2, -0.15) is 0 Å². The summed E-state index contributed by atoms with van der Waals surface area (Å²) in [4.78, 5) is 15.5. The van der Waals surface area contributed by atoms with Gasteiger partial charge in [0.1, 0.15) is 6.61 Å². The molecule has 0 saturated carbocycles. The molecule has 0 bridgehead atoms. The van der Waals surface area contributed by atoms with Gasteiger partial charge in [-0.1, -0.05) is 41.9 Å². The first-order valence-electron chi connectivity index (χ1n) is 6.58. The number of carboxylic acids is 1. The van der Waals surface area contributed by atoms with Crippen LogP contribution in [0, 0.1) is 0 Å². The number of halogens is 1.